The Bertz CT molecular complexity index is 1410. The van der Waals surface area contributed by atoms with E-state index >= 15 is 0 Å². The normalized spacial score (nSPS) is 12.6. The van der Waals surface area contributed by atoms with Gasteiger partial charge in [0.05, 0.1) is 25.4 Å². The summed E-state index contributed by atoms with van der Waals surface area (Å²) in [7, 11) is 0. The Morgan fingerprint density at radius 3 is 0.874 bits per heavy atom. The Morgan fingerprint density at radius 2 is 0.575 bits per heavy atom. The number of amides is 1. The van der Waals surface area contributed by atoms with Crippen LogP contribution in [-0.4, -0.2) is 47.4 Å². The van der Waals surface area contributed by atoms with E-state index in [1.807, 2.05) is 6.08 Å². The van der Waals surface area contributed by atoms with Crippen molar-refractivity contribution in [2.24, 2.45) is 0 Å². The first-order valence-corrected chi connectivity index (χ1v) is 39.8. The number of ether oxygens (including phenoxy) is 1. The molecule has 0 aromatic carbocycles. The standard InChI is InChI=1S/C81H155NO5/c1-3-5-7-9-11-13-15-17-19-21-23-24-34-38-41-45-49-53-57-61-65-69-73-79(84)78(77-83)82-80(85)74-70-66-62-58-54-50-46-42-39-35-32-30-28-26-25-27-29-31-33-36-40-44-48-52-56-60-64-68-72-76-87-81(86)75-71-67-63-59-55-51-47-43-37-22-20-18-16-14-12-10-8-6-4-2/h25,27,31,33,69,73,78-79,83-84H,3-24,26,28-30,32,34-68,70-72,74-77H2,1-2H3,(H,82,85)/b27-25-,33-31-,73-69+. The monoisotopic (exact) mass is 1220 g/mol. The minimum absolute atomic E-state index is 0.0174. The number of carbonyl (C=O) groups is 2. The van der Waals surface area contributed by atoms with Gasteiger partial charge in [-0.2, -0.15) is 0 Å². The topological polar surface area (TPSA) is 95.9 Å². The maximum atomic E-state index is 12.5. The lowest BCUT2D eigenvalue weighted by Gasteiger charge is -2.20. The lowest BCUT2D eigenvalue weighted by Crippen LogP contribution is -2.45. The van der Waals surface area contributed by atoms with Crippen LogP contribution in [-0.2, 0) is 14.3 Å². The molecule has 0 fully saturated rings. The second kappa shape index (κ2) is 76.5. The SMILES string of the molecule is CCCCCCCCCCCCCCCCCCCCCC/C=C/C(O)C(CO)NC(=O)CCCCCCCCCCCCCCC/C=C\C/C=C\CCCCCCCCCCCOC(=O)CCCCCCCCCCCCCCCCCCCCC. The molecule has 6 heteroatoms. The highest BCUT2D eigenvalue weighted by molar-refractivity contribution is 5.76. The molecule has 0 aliphatic heterocycles. The van der Waals surface area contributed by atoms with Crippen molar-refractivity contribution < 1.29 is 24.5 Å². The molecule has 0 rings (SSSR count). The van der Waals surface area contributed by atoms with Crippen LogP contribution in [0.1, 0.15) is 444 Å². The molecule has 0 aliphatic carbocycles. The molecule has 2 unspecified atom stereocenters. The largest absolute Gasteiger partial charge is 0.466 e. The molecular formula is C81H155NO5. The van der Waals surface area contributed by atoms with Crippen molar-refractivity contribution in [3.8, 4) is 0 Å². The Morgan fingerprint density at radius 1 is 0.322 bits per heavy atom. The Balaban J connectivity index is 3.41. The molecule has 0 radical (unpaired) electrons. The zero-order chi connectivity index (χ0) is 62.8. The number of hydrogen-bond donors (Lipinski definition) is 3. The van der Waals surface area contributed by atoms with E-state index in [1.165, 1.54) is 372 Å². The molecule has 0 spiro atoms. The Labute approximate surface area is 544 Å². The molecule has 0 aromatic rings. The van der Waals surface area contributed by atoms with E-state index in [1.54, 1.807) is 6.08 Å². The number of rotatable bonds is 75. The first-order valence-electron chi connectivity index (χ1n) is 39.8. The molecule has 6 nitrogen and oxygen atoms in total. The van der Waals surface area contributed by atoms with Crippen LogP contribution in [0.3, 0.4) is 0 Å². The van der Waals surface area contributed by atoms with E-state index in [0.29, 0.717) is 19.4 Å². The highest BCUT2D eigenvalue weighted by Crippen LogP contribution is 2.20. The quantitative estimate of drug-likeness (QED) is 0.0320. The first-order chi connectivity index (χ1) is 43.0. The highest BCUT2D eigenvalue weighted by atomic mass is 16.5. The fraction of sp³-hybridized carbons (Fsp3) is 0.901. The summed E-state index contributed by atoms with van der Waals surface area (Å²) in [5, 5.41) is 23.3. The van der Waals surface area contributed by atoms with Crippen molar-refractivity contribution in [3.63, 3.8) is 0 Å². The number of unbranched alkanes of at least 4 members (excludes halogenated alkanes) is 60. The first kappa shape index (κ1) is 85.1. The summed E-state index contributed by atoms with van der Waals surface area (Å²) in [6.45, 7) is 4.95. The van der Waals surface area contributed by atoms with Crippen LogP contribution in [0.25, 0.3) is 0 Å². The summed E-state index contributed by atoms with van der Waals surface area (Å²) in [6, 6.07) is -0.630. The van der Waals surface area contributed by atoms with Crippen LogP contribution < -0.4 is 5.32 Å². The Hall–Kier alpha value is -1.92. The van der Waals surface area contributed by atoms with E-state index in [2.05, 4.69) is 43.5 Å². The molecule has 0 bridgehead atoms. The highest BCUT2D eigenvalue weighted by Gasteiger charge is 2.18. The second-order valence-corrected chi connectivity index (χ2v) is 27.4. The van der Waals surface area contributed by atoms with Crippen molar-refractivity contribution in [2.45, 2.75) is 456 Å². The van der Waals surface area contributed by atoms with Crippen LogP contribution in [0, 0.1) is 0 Å². The summed E-state index contributed by atoms with van der Waals surface area (Å²) in [6.07, 6.45) is 99.7. The Kier molecular flexibility index (Phi) is 74.8. The molecule has 2 atom stereocenters. The third-order valence-corrected chi connectivity index (χ3v) is 18.7. The van der Waals surface area contributed by atoms with Gasteiger partial charge in [-0.1, -0.05) is 403 Å². The van der Waals surface area contributed by atoms with Crippen LogP contribution in [0.2, 0.25) is 0 Å². The van der Waals surface area contributed by atoms with Gasteiger partial charge in [-0.25, -0.2) is 0 Å². The molecule has 1 amide bonds. The van der Waals surface area contributed by atoms with Crippen molar-refractivity contribution in [1.29, 1.82) is 0 Å². The van der Waals surface area contributed by atoms with Crippen LogP contribution in [0.5, 0.6) is 0 Å². The van der Waals surface area contributed by atoms with E-state index in [9.17, 15) is 19.8 Å². The third-order valence-electron chi connectivity index (χ3n) is 18.7. The van der Waals surface area contributed by atoms with Gasteiger partial charge in [-0.3, -0.25) is 9.59 Å². The maximum Gasteiger partial charge on any atom is 0.305 e. The van der Waals surface area contributed by atoms with Crippen LogP contribution in [0.15, 0.2) is 36.5 Å². The smallest absolute Gasteiger partial charge is 0.305 e. The van der Waals surface area contributed by atoms with Gasteiger partial charge < -0.3 is 20.3 Å². The van der Waals surface area contributed by atoms with E-state index in [0.717, 1.165) is 44.9 Å². The van der Waals surface area contributed by atoms with Gasteiger partial charge in [0.2, 0.25) is 5.91 Å². The fourth-order valence-corrected chi connectivity index (χ4v) is 12.6. The van der Waals surface area contributed by atoms with Gasteiger partial charge in [-0.05, 0) is 64.2 Å². The molecule has 0 heterocycles. The second-order valence-electron chi connectivity index (χ2n) is 27.4. The lowest BCUT2D eigenvalue weighted by molar-refractivity contribution is -0.143. The maximum absolute atomic E-state index is 12.5. The zero-order valence-corrected chi connectivity index (χ0v) is 59.0. The zero-order valence-electron chi connectivity index (χ0n) is 59.0. The number of esters is 1. The summed E-state index contributed by atoms with van der Waals surface area (Å²) in [4.78, 5) is 24.7. The summed E-state index contributed by atoms with van der Waals surface area (Å²) in [5.41, 5.74) is 0. The minimum Gasteiger partial charge on any atom is -0.466 e. The molecule has 0 saturated heterocycles. The third kappa shape index (κ3) is 73.0. The lowest BCUT2D eigenvalue weighted by atomic mass is 10.0. The average molecular weight is 1220 g/mol. The van der Waals surface area contributed by atoms with Crippen molar-refractivity contribution >= 4 is 11.9 Å². The molecule has 0 aliphatic rings. The van der Waals surface area contributed by atoms with Gasteiger partial charge >= 0.3 is 5.97 Å². The molecule has 0 saturated carbocycles. The predicted molar refractivity (Wildman–Crippen MR) is 384 cm³/mol. The number of nitrogens with one attached hydrogen (secondary N) is 1. The molecular weight excluding hydrogens is 1070 g/mol. The van der Waals surface area contributed by atoms with Gasteiger partial charge in [0, 0.05) is 12.8 Å². The number of carbonyl (C=O) groups excluding carboxylic acids is 2. The summed E-state index contributed by atoms with van der Waals surface area (Å²) >= 11 is 0. The van der Waals surface area contributed by atoms with Gasteiger partial charge in [0.15, 0.2) is 0 Å². The number of hydrogen-bond acceptors (Lipinski definition) is 5. The van der Waals surface area contributed by atoms with E-state index in [-0.39, 0.29) is 18.5 Å². The van der Waals surface area contributed by atoms with Gasteiger partial charge in [0.25, 0.3) is 0 Å². The summed E-state index contributed by atoms with van der Waals surface area (Å²) < 4.78 is 5.51. The number of aliphatic hydroxyl groups is 2. The summed E-state index contributed by atoms with van der Waals surface area (Å²) in [5.74, 6) is -0.0472. The molecule has 87 heavy (non-hydrogen) atoms. The molecule has 0 aromatic heterocycles. The molecule has 514 valence electrons. The van der Waals surface area contributed by atoms with Crippen LogP contribution in [0.4, 0.5) is 0 Å². The number of aliphatic hydroxyl groups excluding tert-OH is 2. The van der Waals surface area contributed by atoms with Crippen LogP contribution >= 0.6 is 0 Å². The fourth-order valence-electron chi connectivity index (χ4n) is 12.6. The van der Waals surface area contributed by atoms with Crippen molar-refractivity contribution in [2.75, 3.05) is 13.2 Å². The van der Waals surface area contributed by atoms with Crippen molar-refractivity contribution in [3.05, 3.63) is 36.5 Å². The predicted octanol–water partition coefficient (Wildman–Crippen LogP) is 26.2. The number of allylic oxidation sites excluding steroid dienone is 5. The van der Waals surface area contributed by atoms with Crippen molar-refractivity contribution in [1.82, 2.24) is 5.32 Å². The van der Waals surface area contributed by atoms with E-state index < -0.39 is 12.1 Å². The average Bonchev–Trinajstić information content (AvgIpc) is 3.52. The van der Waals surface area contributed by atoms with Gasteiger partial charge in [-0.15, -0.1) is 0 Å². The van der Waals surface area contributed by atoms with Gasteiger partial charge in [0.1, 0.15) is 0 Å². The minimum atomic E-state index is -0.847. The van der Waals surface area contributed by atoms with E-state index in [4.69, 9.17) is 4.74 Å². The molecule has 3 N–H and O–H groups in total.